The monoisotopic (exact) mass is 937 g/mol. The number of aromatic nitrogens is 1. The van der Waals surface area contributed by atoms with Gasteiger partial charge in [0.2, 0.25) is 0 Å². The van der Waals surface area contributed by atoms with Crippen molar-refractivity contribution in [3.8, 4) is 61.3 Å². The maximum Gasteiger partial charge on any atom is 0.0541 e. The molecule has 352 valence electrons. The molecule has 0 unspecified atom stereocenters. The molecule has 10 aromatic rings. The number of benzene rings is 9. The van der Waals surface area contributed by atoms with Crippen LogP contribution in [0.5, 0.6) is 0 Å². The van der Waals surface area contributed by atoms with Crippen LogP contribution in [0, 0.1) is 0 Å². The van der Waals surface area contributed by atoms with Gasteiger partial charge in [-0.25, -0.2) is 0 Å². The summed E-state index contributed by atoms with van der Waals surface area (Å²) in [6.45, 7) is 6.85. The summed E-state index contributed by atoms with van der Waals surface area (Å²) >= 11 is 0. The number of hydrogen-bond acceptors (Lipinski definition) is 0. The number of para-hydroxylation sites is 1. The average molecular weight is 938 g/mol. The Balaban J connectivity index is 0.712. The molecule has 15 rings (SSSR count). The average Bonchev–Trinajstić information content (AvgIpc) is 4.30. The van der Waals surface area contributed by atoms with E-state index in [0.717, 1.165) is 0 Å². The van der Waals surface area contributed by atoms with Gasteiger partial charge in [-0.2, -0.15) is 0 Å². The zero-order valence-electron chi connectivity index (χ0n) is 42.2. The first kappa shape index (κ1) is 42.9. The Hall–Kier alpha value is -7.74. The fraction of sp³-hybridized carbons (Fsp3) is 0.194. The Morgan fingerprint density at radius 3 is 1.48 bits per heavy atom. The van der Waals surface area contributed by atoms with E-state index in [1.807, 2.05) is 0 Å². The summed E-state index contributed by atoms with van der Waals surface area (Å²) in [6.07, 6.45) is 19.1. The van der Waals surface area contributed by atoms with Gasteiger partial charge in [0.15, 0.2) is 0 Å². The van der Waals surface area contributed by atoms with Gasteiger partial charge in [0.1, 0.15) is 0 Å². The van der Waals surface area contributed by atoms with Crippen molar-refractivity contribution < 1.29 is 0 Å². The zero-order chi connectivity index (χ0) is 48.6. The molecule has 0 aliphatic heterocycles. The molecule has 1 aromatic heterocycles. The van der Waals surface area contributed by atoms with Crippen molar-refractivity contribution in [1.29, 1.82) is 0 Å². The molecule has 5 aliphatic rings. The van der Waals surface area contributed by atoms with Gasteiger partial charge in [0, 0.05) is 32.7 Å². The van der Waals surface area contributed by atoms with Crippen LogP contribution >= 0.6 is 0 Å². The summed E-state index contributed by atoms with van der Waals surface area (Å²) < 4.78 is 2.46. The van der Waals surface area contributed by atoms with Gasteiger partial charge in [-0.3, -0.25) is 0 Å². The molecule has 0 amide bonds. The molecule has 73 heavy (non-hydrogen) atoms. The predicted octanol–water partition coefficient (Wildman–Crippen LogP) is 19.3. The molecule has 0 saturated heterocycles. The SMILES string of the molecule is C/C=C/c1ccc2c(c1)C1(CCCC1)c1cc(-c3ccc4c(c3)C3(CCCC3)c3cc(/C=C/c5ccc(-c6ccc7c(c6)c6ccccc6n7-c6ccc7c(c6)C(C)(C)c6ccccc6-7)cc5)ccc3-4)ccc1-2. The number of nitrogens with zero attached hydrogens (tertiary/aromatic N) is 1. The number of hydrogen-bond donors (Lipinski definition) is 0. The lowest BCUT2D eigenvalue weighted by Crippen LogP contribution is -2.21. The minimum Gasteiger partial charge on any atom is -0.309 e. The molecule has 2 fully saturated rings. The van der Waals surface area contributed by atoms with Crippen molar-refractivity contribution in [2.45, 2.75) is 88.4 Å². The van der Waals surface area contributed by atoms with Crippen molar-refractivity contribution >= 4 is 40.0 Å². The lowest BCUT2D eigenvalue weighted by molar-refractivity contribution is 0.549. The molecule has 9 aromatic carbocycles. The third kappa shape index (κ3) is 6.21. The molecule has 0 radical (unpaired) electrons. The van der Waals surface area contributed by atoms with E-state index in [2.05, 4.69) is 232 Å². The number of allylic oxidation sites excluding steroid dienone is 1. The van der Waals surface area contributed by atoms with Gasteiger partial charge in [0.05, 0.1) is 11.0 Å². The molecule has 0 bridgehead atoms. The van der Waals surface area contributed by atoms with Crippen molar-refractivity contribution in [2.24, 2.45) is 0 Å². The fourth-order valence-corrected chi connectivity index (χ4v) is 15.1. The fourth-order valence-electron chi connectivity index (χ4n) is 15.1. The highest BCUT2D eigenvalue weighted by molar-refractivity contribution is 6.10. The molecule has 1 nitrogen and oxygen atoms in total. The van der Waals surface area contributed by atoms with Crippen LogP contribution in [-0.4, -0.2) is 4.57 Å². The quantitative estimate of drug-likeness (QED) is 0.146. The Morgan fingerprint density at radius 2 is 0.822 bits per heavy atom. The minimum atomic E-state index is -0.0538. The van der Waals surface area contributed by atoms with Crippen LogP contribution in [-0.2, 0) is 16.2 Å². The molecule has 1 heteroatoms. The third-order valence-corrected chi connectivity index (χ3v) is 18.6. The van der Waals surface area contributed by atoms with Crippen molar-refractivity contribution in [3.63, 3.8) is 0 Å². The highest BCUT2D eigenvalue weighted by Crippen LogP contribution is 2.60. The van der Waals surface area contributed by atoms with E-state index >= 15 is 0 Å². The van der Waals surface area contributed by atoms with E-state index in [1.165, 1.54) is 168 Å². The standard InChI is InChI=1S/C72H59N/c1-4-13-47-22-30-56-58-32-26-51(43-66(58)71(64(56)40-47)36-9-10-37-71)52-27-33-59-57-31-23-48(41-65(57)72(67(59)44-52)38-11-12-39-72)19-18-46-20-24-49(25-21-46)50-28-35-69-61(42-50)60-15-6-8-17-68(60)73(69)53-29-34-55-54-14-5-7-16-62(54)70(2,3)63(55)45-53/h4-8,13-35,40-45H,9-12,36-39H2,1-3H3/b13-4+,19-18+. The topological polar surface area (TPSA) is 4.93 Å². The van der Waals surface area contributed by atoms with Gasteiger partial charge in [0.25, 0.3) is 0 Å². The first-order valence-electron chi connectivity index (χ1n) is 27.1. The lowest BCUT2D eigenvalue weighted by atomic mass is 9.75. The van der Waals surface area contributed by atoms with Crippen LogP contribution in [0.25, 0.3) is 101 Å². The second-order valence-corrected chi connectivity index (χ2v) is 22.6. The molecule has 2 saturated carbocycles. The smallest absolute Gasteiger partial charge is 0.0541 e. The van der Waals surface area contributed by atoms with Gasteiger partial charge in [-0.15, -0.1) is 0 Å². The highest BCUT2D eigenvalue weighted by Gasteiger charge is 2.47. The maximum atomic E-state index is 2.59. The second-order valence-electron chi connectivity index (χ2n) is 22.6. The predicted molar refractivity (Wildman–Crippen MR) is 309 cm³/mol. The van der Waals surface area contributed by atoms with E-state index in [1.54, 1.807) is 16.7 Å². The normalized spacial score (nSPS) is 17.0. The molecule has 1 heterocycles. The van der Waals surface area contributed by atoms with Crippen molar-refractivity contribution in [1.82, 2.24) is 4.57 Å². The van der Waals surface area contributed by atoms with E-state index in [9.17, 15) is 0 Å². The number of fused-ring (bicyclic) bond motifs is 16. The Bertz CT molecular complexity index is 4000. The van der Waals surface area contributed by atoms with Crippen molar-refractivity contribution in [2.75, 3.05) is 0 Å². The summed E-state index contributed by atoms with van der Waals surface area (Å²) in [5.41, 5.74) is 30.3. The summed E-state index contributed by atoms with van der Waals surface area (Å²) in [4.78, 5) is 0. The second kappa shape index (κ2) is 15.9. The van der Waals surface area contributed by atoms with Crippen LogP contribution in [0.1, 0.15) is 122 Å². The Kier molecular flexibility index (Phi) is 9.33. The third-order valence-electron chi connectivity index (χ3n) is 18.6. The van der Waals surface area contributed by atoms with E-state index in [-0.39, 0.29) is 16.2 Å². The van der Waals surface area contributed by atoms with Crippen LogP contribution in [0.3, 0.4) is 0 Å². The summed E-state index contributed by atoms with van der Waals surface area (Å²) in [7, 11) is 0. The molecule has 2 spiro atoms. The van der Waals surface area contributed by atoms with Gasteiger partial charge < -0.3 is 4.57 Å². The van der Waals surface area contributed by atoms with E-state index < -0.39 is 0 Å². The first-order valence-corrected chi connectivity index (χ1v) is 27.1. The zero-order valence-corrected chi connectivity index (χ0v) is 42.2. The van der Waals surface area contributed by atoms with E-state index in [0.29, 0.717) is 0 Å². The van der Waals surface area contributed by atoms with Crippen LogP contribution in [0.4, 0.5) is 0 Å². The number of rotatable bonds is 6. The van der Waals surface area contributed by atoms with E-state index in [4.69, 9.17) is 0 Å². The maximum absolute atomic E-state index is 2.59. The van der Waals surface area contributed by atoms with Gasteiger partial charge in [-0.05, 0) is 181 Å². The molecule has 5 aliphatic carbocycles. The molecule has 0 atom stereocenters. The molecule has 0 N–H and O–H groups in total. The lowest BCUT2D eigenvalue weighted by Gasteiger charge is -2.28. The Morgan fingerprint density at radius 1 is 0.356 bits per heavy atom. The summed E-state index contributed by atoms with van der Waals surface area (Å²) in [6, 6.07) is 70.4. The van der Waals surface area contributed by atoms with Crippen LogP contribution < -0.4 is 0 Å². The van der Waals surface area contributed by atoms with Gasteiger partial charge >= 0.3 is 0 Å². The Labute approximate surface area is 430 Å². The first-order chi connectivity index (χ1) is 35.8. The molecular formula is C72H59N. The summed E-state index contributed by atoms with van der Waals surface area (Å²) in [5.74, 6) is 0. The van der Waals surface area contributed by atoms with Crippen LogP contribution in [0.15, 0.2) is 188 Å². The largest absolute Gasteiger partial charge is 0.309 e. The van der Waals surface area contributed by atoms with Crippen molar-refractivity contribution in [3.05, 3.63) is 238 Å². The molecular weight excluding hydrogens is 879 g/mol. The summed E-state index contributed by atoms with van der Waals surface area (Å²) in [5, 5.41) is 2.56. The minimum absolute atomic E-state index is 0.0538. The highest BCUT2D eigenvalue weighted by atomic mass is 15.0. The van der Waals surface area contributed by atoms with Crippen LogP contribution in [0.2, 0.25) is 0 Å². The van der Waals surface area contributed by atoms with Gasteiger partial charge in [-0.1, -0.05) is 203 Å².